The Morgan fingerprint density at radius 2 is 1.53 bits per heavy atom. The summed E-state index contributed by atoms with van der Waals surface area (Å²) >= 11 is 0. The van der Waals surface area contributed by atoms with Crippen LogP contribution in [0.3, 0.4) is 0 Å². The van der Waals surface area contributed by atoms with Gasteiger partial charge in [-0.1, -0.05) is 58.0 Å². The minimum Gasteiger partial charge on any atom is -0.394 e. The SMILES string of the molecule is C=O.CC.CC.CNC(CO)c1ccccc1. The van der Waals surface area contributed by atoms with E-state index in [1.807, 2.05) is 71.9 Å². The average Bonchev–Trinajstić information content (AvgIpc) is 2.48. The molecule has 1 rings (SSSR count). The second-order valence-corrected chi connectivity index (χ2v) is 2.43. The Hall–Kier alpha value is -1.19. The van der Waals surface area contributed by atoms with E-state index in [0.29, 0.717) is 0 Å². The average molecular weight is 241 g/mol. The summed E-state index contributed by atoms with van der Waals surface area (Å²) in [5.41, 5.74) is 1.12. The second kappa shape index (κ2) is 20.3. The molecular weight excluding hydrogens is 214 g/mol. The Balaban J connectivity index is -0.000000285. The molecule has 0 aliphatic carbocycles. The van der Waals surface area contributed by atoms with Gasteiger partial charge in [0.05, 0.1) is 12.6 Å². The lowest BCUT2D eigenvalue weighted by Gasteiger charge is -2.12. The molecule has 0 saturated heterocycles. The van der Waals surface area contributed by atoms with Crippen molar-refractivity contribution in [1.82, 2.24) is 5.32 Å². The third-order valence-electron chi connectivity index (χ3n) is 1.73. The minimum absolute atomic E-state index is 0.0659. The van der Waals surface area contributed by atoms with Gasteiger partial charge in [0, 0.05) is 0 Å². The van der Waals surface area contributed by atoms with Crippen LogP contribution in [0.1, 0.15) is 39.3 Å². The van der Waals surface area contributed by atoms with Crippen LogP contribution in [0.25, 0.3) is 0 Å². The molecule has 1 unspecified atom stereocenters. The summed E-state index contributed by atoms with van der Waals surface area (Å²) in [4.78, 5) is 8.00. The van der Waals surface area contributed by atoms with E-state index < -0.39 is 0 Å². The van der Waals surface area contributed by atoms with E-state index in [-0.39, 0.29) is 12.6 Å². The van der Waals surface area contributed by atoms with E-state index >= 15 is 0 Å². The molecule has 100 valence electrons. The van der Waals surface area contributed by atoms with E-state index in [1.165, 1.54) is 0 Å². The molecule has 1 aromatic carbocycles. The van der Waals surface area contributed by atoms with E-state index in [4.69, 9.17) is 9.90 Å². The third kappa shape index (κ3) is 11.1. The van der Waals surface area contributed by atoms with Gasteiger partial charge >= 0.3 is 0 Å². The molecule has 0 aliphatic rings. The number of aliphatic hydroxyl groups excluding tert-OH is 1. The van der Waals surface area contributed by atoms with Gasteiger partial charge < -0.3 is 15.2 Å². The molecule has 0 spiro atoms. The van der Waals surface area contributed by atoms with Crippen LogP contribution in [0.4, 0.5) is 0 Å². The number of rotatable bonds is 3. The predicted octanol–water partition coefficient (Wildman–Crippen LogP) is 2.81. The van der Waals surface area contributed by atoms with Gasteiger partial charge in [-0.05, 0) is 12.6 Å². The molecule has 0 amide bonds. The number of carbonyl (C=O) groups is 1. The van der Waals surface area contributed by atoms with Crippen molar-refractivity contribution in [1.29, 1.82) is 0 Å². The van der Waals surface area contributed by atoms with Crippen molar-refractivity contribution in [3.05, 3.63) is 35.9 Å². The largest absolute Gasteiger partial charge is 0.394 e. The van der Waals surface area contributed by atoms with Gasteiger partial charge in [0.2, 0.25) is 0 Å². The van der Waals surface area contributed by atoms with Gasteiger partial charge in [0.15, 0.2) is 0 Å². The zero-order chi connectivity index (χ0) is 14.1. The summed E-state index contributed by atoms with van der Waals surface area (Å²) in [5.74, 6) is 0. The van der Waals surface area contributed by atoms with Crippen molar-refractivity contribution >= 4 is 6.79 Å². The van der Waals surface area contributed by atoms with E-state index in [2.05, 4.69) is 5.32 Å². The number of benzene rings is 1. The highest BCUT2D eigenvalue weighted by atomic mass is 16.3. The van der Waals surface area contributed by atoms with Gasteiger partial charge in [-0.2, -0.15) is 0 Å². The normalized spacial score (nSPS) is 9.29. The third-order valence-corrected chi connectivity index (χ3v) is 1.73. The number of hydrogen-bond donors (Lipinski definition) is 2. The lowest BCUT2D eigenvalue weighted by Crippen LogP contribution is -2.19. The van der Waals surface area contributed by atoms with Gasteiger partial charge in [0.1, 0.15) is 6.79 Å². The number of carbonyl (C=O) groups excluding carboxylic acids is 1. The molecule has 3 heteroatoms. The molecule has 2 N–H and O–H groups in total. The van der Waals surface area contributed by atoms with Gasteiger partial charge in [-0.15, -0.1) is 0 Å². The van der Waals surface area contributed by atoms with Crippen molar-refractivity contribution in [2.45, 2.75) is 33.7 Å². The molecule has 1 atom stereocenters. The summed E-state index contributed by atoms with van der Waals surface area (Å²) in [6.07, 6.45) is 0. The summed E-state index contributed by atoms with van der Waals surface area (Å²) in [6, 6.07) is 9.96. The number of likely N-dealkylation sites (N-methyl/N-ethyl adjacent to an activating group) is 1. The molecule has 0 aliphatic heterocycles. The fourth-order valence-corrected chi connectivity index (χ4v) is 1.05. The molecule has 0 bridgehead atoms. The Morgan fingerprint density at radius 3 is 1.82 bits per heavy atom. The minimum atomic E-state index is 0.0659. The molecule has 0 heterocycles. The Kier molecular flexibility index (Phi) is 25.2. The maximum absolute atomic E-state index is 8.92. The zero-order valence-corrected chi connectivity index (χ0v) is 11.7. The van der Waals surface area contributed by atoms with Crippen LogP contribution >= 0.6 is 0 Å². The van der Waals surface area contributed by atoms with E-state index in [0.717, 1.165) is 5.56 Å². The van der Waals surface area contributed by atoms with Crippen LogP contribution in [0, 0.1) is 0 Å². The second-order valence-electron chi connectivity index (χ2n) is 2.43. The van der Waals surface area contributed by atoms with Crippen molar-refractivity contribution in [2.75, 3.05) is 13.7 Å². The first kappa shape index (κ1) is 21.1. The Morgan fingerprint density at radius 1 is 1.12 bits per heavy atom. The Bertz CT molecular complexity index is 211. The molecule has 0 radical (unpaired) electrons. The van der Waals surface area contributed by atoms with Crippen LogP contribution in [-0.2, 0) is 4.79 Å². The topological polar surface area (TPSA) is 49.3 Å². The van der Waals surface area contributed by atoms with Crippen LogP contribution in [0.2, 0.25) is 0 Å². The van der Waals surface area contributed by atoms with Crippen LogP contribution in [0.5, 0.6) is 0 Å². The Labute approximate surface area is 106 Å². The predicted molar refractivity (Wildman–Crippen MR) is 75.1 cm³/mol. The lowest BCUT2D eigenvalue weighted by atomic mass is 10.1. The van der Waals surface area contributed by atoms with Gasteiger partial charge in [0.25, 0.3) is 0 Å². The monoisotopic (exact) mass is 241 g/mol. The highest BCUT2D eigenvalue weighted by Crippen LogP contribution is 2.09. The molecular formula is C14H27NO2. The highest BCUT2D eigenvalue weighted by molar-refractivity contribution is 5.18. The molecule has 3 nitrogen and oxygen atoms in total. The maximum Gasteiger partial charge on any atom is 0.106 e. The lowest BCUT2D eigenvalue weighted by molar-refractivity contribution is -0.0979. The summed E-state index contributed by atoms with van der Waals surface area (Å²) in [7, 11) is 1.84. The van der Waals surface area contributed by atoms with Gasteiger partial charge in [-0.3, -0.25) is 0 Å². The van der Waals surface area contributed by atoms with E-state index in [1.54, 1.807) is 0 Å². The van der Waals surface area contributed by atoms with Crippen molar-refractivity contribution in [3.8, 4) is 0 Å². The molecule has 0 fully saturated rings. The first-order valence-electron chi connectivity index (χ1n) is 6.00. The molecule has 0 saturated carbocycles. The number of aliphatic hydroxyl groups is 1. The van der Waals surface area contributed by atoms with Crippen molar-refractivity contribution in [3.63, 3.8) is 0 Å². The first-order valence-corrected chi connectivity index (χ1v) is 6.00. The number of nitrogens with one attached hydrogen (secondary N) is 1. The van der Waals surface area contributed by atoms with Crippen LogP contribution in [-0.4, -0.2) is 25.6 Å². The summed E-state index contributed by atoms with van der Waals surface area (Å²) < 4.78 is 0. The molecule has 0 aromatic heterocycles. The molecule has 1 aromatic rings. The summed E-state index contributed by atoms with van der Waals surface area (Å²) in [5, 5.41) is 11.9. The summed E-state index contributed by atoms with van der Waals surface area (Å²) in [6.45, 7) is 10.1. The van der Waals surface area contributed by atoms with Crippen LogP contribution < -0.4 is 5.32 Å². The van der Waals surface area contributed by atoms with E-state index in [9.17, 15) is 0 Å². The fraction of sp³-hybridized carbons (Fsp3) is 0.500. The zero-order valence-electron chi connectivity index (χ0n) is 11.7. The van der Waals surface area contributed by atoms with Crippen molar-refractivity contribution < 1.29 is 9.90 Å². The van der Waals surface area contributed by atoms with Crippen LogP contribution in [0.15, 0.2) is 30.3 Å². The van der Waals surface area contributed by atoms with Crippen molar-refractivity contribution in [2.24, 2.45) is 0 Å². The molecule has 17 heavy (non-hydrogen) atoms. The fourth-order valence-electron chi connectivity index (χ4n) is 1.05. The first-order chi connectivity index (χ1) is 8.38. The standard InChI is InChI=1S/C9H13NO.2C2H6.CH2O/c1-10-9(7-11)8-5-3-2-4-6-8;3*1-2/h2-6,9-11H,7H2,1H3;2*1-2H3;1H2. The highest BCUT2D eigenvalue weighted by Gasteiger charge is 2.04. The number of hydrogen-bond acceptors (Lipinski definition) is 3. The maximum atomic E-state index is 8.92. The van der Waals surface area contributed by atoms with Gasteiger partial charge in [-0.25, -0.2) is 0 Å². The quantitative estimate of drug-likeness (QED) is 0.855. The smallest absolute Gasteiger partial charge is 0.106 e.